The SMILES string of the molecule is FC1(F)CNC1C1CC1. The third kappa shape index (κ3) is 0.748. The van der Waals surface area contributed by atoms with Gasteiger partial charge in [-0.1, -0.05) is 0 Å². The van der Waals surface area contributed by atoms with Gasteiger partial charge in [0.25, 0.3) is 5.92 Å². The Kier molecular flexibility index (Phi) is 0.903. The van der Waals surface area contributed by atoms with E-state index in [9.17, 15) is 8.78 Å². The summed E-state index contributed by atoms with van der Waals surface area (Å²) >= 11 is 0. The van der Waals surface area contributed by atoms with Crippen LogP contribution in [0.15, 0.2) is 0 Å². The lowest BCUT2D eigenvalue weighted by atomic mass is 9.97. The molecule has 1 aliphatic carbocycles. The van der Waals surface area contributed by atoms with E-state index in [4.69, 9.17) is 0 Å². The molecular formula is C6H9F2N. The highest BCUT2D eigenvalue weighted by atomic mass is 19.3. The Labute approximate surface area is 52.4 Å². The maximum atomic E-state index is 12.4. The van der Waals surface area contributed by atoms with Crippen molar-refractivity contribution in [2.75, 3.05) is 6.54 Å². The summed E-state index contributed by atoms with van der Waals surface area (Å²) in [4.78, 5) is 0. The summed E-state index contributed by atoms with van der Waals surface area (Å²) in [5.74, 6) is -2.10. The second-order valence-corrected chi connectivity index (χ2v) is 2.96. The lowest BCUT2D eigenvalue weighted by Gasteiger charge is -2.37. The zero-order valence-corrected chi connectivity index (χ0v) is 5.03. The van der Waals surface area contributed by atoms with Gasteiger partial charge in [-0.15, -0.1) is 0 Å². The quantitative estimate of drug-likeness (QED) is 0.562. The number of rotatable bonds is 1. The van der Waals surface area contributed by atoms with Gasteiger partial charge in [0.1, 0.15) is 0 Å². The van der Waals surface area contributed by atoms with E-state index in [0.717, 1.165) is 12.8 Å². The molecule has 1 N–H and O–H groups in total. The third-order valence-corrected chi connectivity index (χ3v) is 2.11. The number of alkyl halides is 2. The average Bonchev–Trinajstić information content (AvgIpc) is 2.48. The first-order valence-electron chi connectivity index (χ1n) is 3.31. The minimum absolute atomic E-state index is 0.103. The van der Waals surface area contributed by atoms with Gasteiger partial charge in [-0.25, -0.2) is 8.78 Å². The first-order valence-corrected chi connectivity index (χ1v) is 3.31. The van der Waals surface area contributed by atoms with Crippen LogP contribution in [-0.2, 0) is 0 Å². The molecule has 0 spiro atoms. The van der Waals surface area contributed by atoms with E-state index < -0.39 is 12.0 Å². The van der Waals surface area contributed by atoms with Gasteiger partial charge in [0, 0.05) is 0 Å². The summed E-state index contributed by atoms with van der Waals surface area (Å²) in [7, 11) is 0. The molecular weight excluding hydrogens is 124 g/mol. The fourth-order valence-corrected chi connectivity index (χ4v) is 1.32. The number of hydrogen-bond donors (Lipinski definition) is 1. The number of halogens is 2. The van der Waals surface area contributed by atoms with Crippen LogP contribution >= 0.6 is 0 Å². The van der Waals surface area contributed by atoms with E-state index in [1.165, 1.54) is 0 Å². The van der Waals surface area contributed by atoms with Gasteiger partial charge in [0.2, 0.25) is 0 Å². The highest BCUT2D eigenvalue weighted by Gasteiger charge is 2.54. The van der Waals surface area contributed by atoms with Crippen molar-refractivity contribution in [2.24, 2.45) is 5.92 Å². The van der Waals surface area contributed by atoms with Gasteiger partial charge < -0.3 is 5.32 Å². The van der Waals surface area contributed by atoms with Crippen molar-refractivity contribution in [3.8, 4) is 0 Å². The molecule has 0 aromatic heterocycles. The zero-order chi connectivity index (χ0) is 6.48. The molecule has 1 heterocycles. The Morgan fingerprint density at radius 2 is 2.00 bits per heavy atom. The molecule has 0 amide bonds. The third-order valence-electron chi connectivity index (χ3n) is 2.11. The molecule has 9 heavy (non-hydrogen) atoms. The van der Waals surface area contributed by atoms with E-state index in [1.54, 1.807) is 0 Å². The summed E-state index contributed by atoms with van der Waals surface area (Å²) in [6, 6.07) is -0.475. The van der Waals surface area contributed by atoms with E-state index in [1.807, 2.05) is 0 Å². The van der Waals surface area contributed by atoms with Gasteiger partial charge in [0.05, 0.1) is 12.6 Å². The van der Waals surface area contributed by atoms with Crippen LogP contribution in [0.1, 0.15) is 12.8 Å². The van der Waals surface area contributed by atoms with Gasteiger partial charge in [0.15, 0.2) is 0 Å². The molecule has 1 unspecified atom stereocenters. The molecule has 2 rings (SSSR count). The van der Waals surface area contributed by atoms with Crippen LogP contribution in [0.3, 0.4) is 0 Å². The molecule has 0 aromatic carbocycles. The van der Waals surface area contributed by atoms with Gasteiger partial charge in [-0.05, 0) is 18.8 Å². The number of hydrogen-bond acceptors (Lipinski definition) is 1. The van der Waals surface area contributed by atoms with Crippen LogP contribution in [0, 0.1) is 5.92 Å². The Hall–Kier alpha value is -0.180. The van der Waals surface area contributed by atoms with E-state index in [0.29, 0.717) is 0 Å². The van der Waals surface area contributed by atoms with Crippen molar-refractivity contribution >= 4 is 0 Å². The predicted molar refractivity (Wildman–Crippen MR) is 29.5 cm³/mol. The summed E-state index contributed by atoms with van der Waals surface area (Å²) < 4.78 is 24.9. The highest BCUT2D eigenvalue weighted by molar-refractivity contribution is 5.03. The summed E-state index contributed by atoms with van der Waals surface area (Å²) in [5.41, 5.74) is 0. The molecule has 2 aliphatic rings. The molecule has 1 nitrogen and oxygen atoms in total. The molecule has 3 heteroatoms. The largest absolute Gasteiger partial charge is 0.303 e. The Morgan fingerprint density at radius 1 is 1.33 bits per heavy atom. The predicted octanol–water partition coefficient (Wildman–Crippen LogP) is 1.00. The minimum atomic E-state index is -2.39. The van der Waals surface area contributed by atoms with Crippen molar-refractivity contribution in [1.82, 2.24) is 5.32 Å². The molecule has 1 saturated carbocycles. The van der Waals surface area contributed by atoms with Crippen molar-refractivity contribution in [2.45, 2.75) is 24.8 Å². The molecule has 0 bridgehead atoms. The molecule has 1 atom stereocenters. The molecule has 52 valence electrons. The van der Waals surface area contributed by atoms with Crippen LogP contribution in [0.5, 0.6) is 0 Å². The minimum Gasteiger partial charge on any atom is -0.303 e. The van der Waals surface area contributed by atoms with Crippen LogP contribution in [0.4, 0.5) is 8.78 Å². The summed E-state index contributed by atoms with van der Waals surface area (Å²) in [6.07, 6.45) is 1.99. The Balaban J connectivity index is 1.98. The first kappa shape index (κ1) is 5.59. The van der Waals surface area contributed by atoms with Crippen LogP contribution in [0.2, 0.25) is 0 Å². The lowest BCUT2D eigenvalue weighted by molar-refractivity contribution is -0.102. The maximum absolute atomic E-state index is 12.4. The van der Waals surface area contributed by atoms with Gasteiger partial charge >= 0.3 is 0 Å². The highest BCUT2D eigenvalue weighted by Crippen LogP contribution is 2.42. The summed E-state index contributed by atoms with van der Waals surface area (Å²) in [6.45, 7) is -0.103. The zero-order valence-electron chi connectivity index (χ0n) is 5.03. The molecule has 0 aromatic rings. The van der Waals surface area contributed by atoms with Crippen LogP contribution in [-0.4, -0.2) is 18.5 Å². The van der Waals surface area contributed by atoms with Crippen molar-refractivity contribution < 1.29 is 8.78 Å². The second kappa shape index (κ2) is 1.45. The molecule has 2 fully saturated rings. The molecule has 0 radical (unpaired) electrons. The van der Waals surface area contributed by atoms with Crippen molar-refractivity contribution in [3.05, 3.63) is 0 Å². The van der Waals surface area contributed by atoms with Crippen molar-refractivity contribution in [3.63, 3.8) is 0 Å². The lowest BCUT2D eigenvalue weighted by Crippen LogP contribution is -2.63. The Bertz CT molecular complexity index is 131. The summed E-state index contributed by atoms with van der Waals surface area (Å²) in [5, 5.41) is 2.75. The second-order valence-electron chi connectivity index (χ2n) is 2.96. The smallest absolute Gasteiger partial charge is 0.275 e. The van der Waals surface area contributed by atoms with Crippen molar-refractivity contribution in [1.29, 1.82) is 0 Å². The van der Waals surface area contributed by atoms with Gasteiger partial charge in [-0.2, -0.15) is 0 Å². The maximum Gasteiger partial charge on any atom is 0.275 e. The van der Waals surface area contributed by atoms with E-state index >= 15 is 0 Å². The number of nitrogens with one attached hydrogen (secondary N) is 1. The van der Waals surface area contributed by atoms with E-state index in [-0.39, 0.29) is 12.5 Å². The molecule has 1 saturated heterocycles. The Morgan fingerprint density at radius 3 is 2.11 bits per heavy atom. The fraction of sp³-hybridized carbons (Fsp3) is 1.00. The van der Waals surface area contributed by atoms with Crippen LogP contribution < -0.4 is 5.32 Å². The van der Waals surface area contributed by atoms with E-state index in [2.05, 4.69) is 5.32 Å². The van der Waals surface area contributed by atoms with Crippen LogP contribution in [0.25, 0.3) is 0 Å². The fourth-order valence-electron chi connectivity index (χ4n) is 1.32. The monoisotopic (exact) mass is 133 g/mol. The van der Waals surface area contributed by atoms with Gasteiger partial charge in [-0.3, -0.25) is 0 Å². The molecule has 1 aliphatic heterocycles. The average molecular weight is 133 g/mol. The first-order chi connectivity index (χ1) is 4.20. The standard InChI is InChI=1S/C6H9F2N/c7-6(8)3-9-5(6)4-1-2-4/h4-5,9H,1-3H2. The normalized spacial score (nSPS) is 40.0. The topological polar surface area (TPSA) is 12.0 Å².